The Balaban J connectivity index is 0.00000242. The SMILES string of the molecule is CCCN=C(NCC)N1CCN(C(=O)C2CCCO2)CC1.I. The summed E-state index contributed by atoms with van der Waals surface area (Å²) in [4.78, 5) is 21.1. The summed E-state index contributed by atoms with van der Waals surface area (Å²) in [6.07, 6.45) is 2.73. The van der Waals surface area contributed by atoms with Gasteiger partial charge in [0.25, 0.3) is 5.91 Å². The first-order valence-corrected chi connectivity index (χ1v) is 8.20. The van der Waals surface area contributed by atoms with Crippen LogP contribution in [0.1, 0.15) is 33.1 Å². The van der Waals surface area contributed by atoms with Crippen molar-refractivity contribution in [3.8, 4) is 0 Å². The number of nitrogens with one attached hydrogen (secondary N) is 1. The van der Waals surface area contributed by atoms with Gasteiger partial charge in [0.2, 0.25) is 0 Å². The summed E-state index contributed by atoms with van der Waals surface area (Å²) < 4.78 is 5.49. The normalized spacial score (nSPS) is 22.5. The largest absolute Gasteiger partial charge is 0.368 e. The van der Waals surface area contributed by atoms with Crippen molar-refractivity contribution in [1.29, 1.82) is 0 Å². The topological polar surface area (TPSA) is 57.2 Å². The second kappa shape index (κ2) is 10.3. The van der Waals surface area contributed by atoms with Gasteiger partial charge >= 0.3 is 0 Å². The zero-order valence-corrected chi connectivity index (χ0v) is 16.0. The summed E-state index contributed by atoms with van der Waals surface area (Å²) in [7, 11) is 0. The highest BCUT2D eigenvalue weighted by Gasteiger charge is 2.30. The van der Waals surface area contributed by atoms with Gasteiger partial charge in [-0.3, -0.25) is 9.79 Å². The molecular weight excluding hydrogens is 395 g/mol. The molecule has 22 heavy (non-hydrogen) atoms. The minimum atomic E-state index is -0.196. The van der Waals surface area contributed by atoms with E-state index in [1.165, 1.54) is 0 Å². The molecule has 128 valence electrons. The molecule has 1 N–H and O–H groups in total. The van der Waals surface area contributed by atoms with Crippen LogP contribution in [0.3, 0.4) is 0 Å². The number of hydrogen-bond acceptors (Lipinski definition) is 3. The lowest BCUT2D eigenvalue weighted by molar-refractivity contribution is -0.142. The lowest BCUT2D eigenvalue weighted by atomic mass is 10.2. The number of amides is 1. The fraction of sp³-hybridized carbons (Fsp3) is 0.867. The van der Waals surface area contributed by atoms with Gasteiger partial charge in [-0.05, 0) is 26.2 Å². The van der Waals surface area contributed by atoms with Gasteiger partial charge in [0.1, 0.15) is 6.10 Å². The lowest BCUT2D eigenvalue weighted by Crippen LogP contribution is -2.55. The molecule has 0 saturated carbocycles. The lowest BCUT2D eigenvalue weighted by Gasteiger charge is -2.37. The predicted octanol–water partition coefficient (Wildman–Crippen LogP) is 1.30. The molecule has 2 saturated heterocycles. The van der Waals surface area contributed by atoms with Gasteiger partial charge in [-0.2, -0.15) is 0 Å². The molecule has 6 nitrogen and oxygen atoms in total. The molecule has 2 aliphatic rings. The number of aliphatic imine (C=N–C) groups is 1. The van der Waals surface area contributed by atoms with Crippen molar-refractivity contribution in [1.82, 2.24) is 15.1 Å². The van der Waals surface area contributed by atoms with Crippen molar-refractivity contribution in [2.75, 3.05) is 45.9 Å². The van der Waals surface area contributed by atoms with Crippen molar-refractivity contribution < 1.29 is 9.53 Å². The number of nitrogens with zero attached hydrogens (tertiary/aromatic N) is 3. The van der Waals surface area contributed by atoms with Gasteiger partial charge < -0.3 is 19.9 Å². The summed E-state index contributed by atoms with van der Waals surface area (Å²) in [6, 6.07) is 0. The Hall–Kier alpha value is -0.570. The van der Waals surface area contributed by atoms with E-state index in [9.17, 15) is 4.79 Å². The molecule has 2 rings (SSSR count). The molecular formula is C15H29IN4O2. The minimum absolute atomic E-state index is 0. The zero-order valence-electron chi connectivity index (χ0n) is 13.7. The third kappa shape index (κ3) is 5.26. The van der Waals surface area contributed by atoms with E-state index in [-0.39, 0.29) is 36.0 Å². The van der Waals surface area contributed by atoms with Crippen molar-refractivity contribution in [2.45, 2.75) is 39.2 Å². The van der Waals surface area contributed by atoms with E-state index in [4.69, 9.17) is 4.74 Å². The highest BCUT2D eigenvalue weighted by molar-refractivity contribution is 14.0. The van der Waals surface area contributed by atoms with Gasteiger partial charge in [0.15, 0.2) is 5.96 Å². The van der Waals surface area contributed by atoms with Crippen LogP contribution in [-0.4, -0.2) is 73.6 Å². The van der Waals surface area contributed by atoms with Gasteiger partial charge in [-0.1, -0.05) is 6.92 Å². The summed E-state index contributed by atoms with van der Waals surface area (Å²) in [5.74, 6) is 1.14. The van der Waals surface area contributed by atoms with Crippen LogP contribution in [0.4, 0.5) is 0 Å². The Labute approximate surface area is 150 Å². The van der Waals surface area contributed by atoms with Crippen molar-refractivity contribution in [2.24, 2.45) is 4.99 Å². The number of carbonyl (C=O) groups is 1. The van der Waals surface area contributed by atoms with Crippen LogP contribution in [-0.2, 0) is 9.53 Å². The Morgan fingerprint density at radius 3 is 2.45 bits per heavy atom. The minimum Gasteiger partial charge on any atom is -0.368 e. The second-order valence-electron chi connectivity index (χ2n) is 5.55. The van der Waals surface area contributed by atoms with Crippen LogP contribution >= 0.6 is 24.0 Å². The first kappa shape index (κ1) is 19.5. The number of halogens is 1. The zero-order chi connectivity index (χ0) is 15.1. The highest BCUT2D eigenvalue weighted by Crippen LogP contribution is 2.16. The first-order chi connectivity index (χ1) is 10.3. The third-order valence-corrected chi connectivity index (χ3v) is 3.92. The van der Waals surface area contributed by atoms with E-state index in [1.54, 1.807) is 0 Å². The molecule has 0 bridgehead atoms. The summed E-state index contributed by atoms with van der Waals surface area (Å²) in [6.45, 7) is 9.86. The van der Waals surface area contributed by atoms with E-state index in [0.29, 0.717) is 0 Å². The quantitative estimate of drug-likeness (QED) is 0.420. The molecule has 2 aliphatic heterocycles. The fourth-order valence-corrected chi connectivity index (χ4v) is 2.76. The Bertz CT molecular complexity index is 365. The third-order valence-electron chi connectivity index (χ3n) is 3.92. The van der Waals surface area contributed by atoms with Gasteiger partial charge in [0, 0.05) is 45.9 Å². The average molecular weight is 424 g/mol. The molecule has 0 spiro atoms. The van der Waals surface area contributed by atoms with Crippen LogP contribution in [0, 0.1) is 0 Å². The van der Waals surface area contributed by atoms with Crippen LogP contribution < -0.4 is 5.32 Å². The van der Waals surface area contributed by atoms with Crippen molar-refractivity contribution in [3.63, 3.8) is 0 Å². The Kier molecular flexibility index (Phi) is 9.08. The van der Waals surface area contributed by atoms with Crippen LogP contribution in [0.2, 0.25) is 0 Å². The second-order valence-corrected chi connectivity index (χ2v) is 5.55. The van der Waals surface area contributed by atoms with Crippen LogP contribution in [0.25, 0.3) is 0 Å². The number of guanidine groups is 1. The van der Waals surface area contributed by atoms with E-state index in [2.05, 4.69) is 29.1 Å². The number of carbonyl (C=O) groups excluding carboxylic acids is 1. The monoisotopic (exact) mass is 424 g/mol. The molecule has 2 heterocycles. The maximum atomic E-state index is 12.3. The molecule has 7 heteroatoms. The Morgan fingerprint density at radius 1 is 1.23 bits per heavy atom. The predicted molar refractivity (Wildman–Crippen MR) is 98.8 cm³/mol. The summed E-state index contributed by atoms with van der Waals surface area (Å²) >= 11 is 0. The molecule has 0 radical (unpaired) electrons. The summed E-state index contributed by atoms with van der Waals surface area (Å²) in [5, 5.41) is 3.33. The highest BCUT2D eigenvalue weighted by atomic mass is 127. The molecule has 0 aliphatic carbocycles. The smallest absolute Gasteiger partial charge is 0.251 e. The van der Waals surface area contributed by atoms with Gasteiger partial charge in [0.05, 0.1) is 0 Å². The van der Waals surface area contributed by atoms with Gasteiger partial charge in [-0.15, -0.1) is 24.0 Å². The molecule has 1 atom stereocenters. The van der Waals surface area contributed by atoms with Crippen LogP contribution in [0.5, 0.6) is 0 Å². The van der Waals surface area contributed by atoms with Crippen molar-refractivity contribution in [3.05, 3.63) is 0 Å². The van der Waals surface area contributed by atoms with E-state index < -0.39 is 0 Å². The van der Waals surface area contributed by atoms with E-state index in [0.717, 1.165) is 71.1 Å². The van der Waals surface area contributed by atoms with E-state index in [1.807, 2.05) is 4.90 Å². The van der Waals surface area contributed by atoms with E-state index >= 15 is 0 Å². The number of hydrogen-bond donors (Lipinski definition) is 1. The number of ether oxygens (including phenoxy) is 1. The molecule has 0 aromatic heterocycles. The molecule has 0 aromatic carbocycles. The standard InChI is InChI=1S/C15H28N4O2.HI/c1-3-7-17-15(16-4-2)19-10-8-18(9-11-19)14(20)13-6-5-12-21-13;/h13H,3-12H2,1-2H3,(H,16,17);1H. The van der Waals surface area contributed by atoms with Gasteiger partial charge in [-0.25, -0.2) is 0 Å². The number of rotatable bonds is 4. The fourth-order valence-electron chi connectivity index (χ4n) is 2.76. The molecule has 0 aromatic rings. The maximum Gasteiger partial charge on any atom is 0.251 e. The Morgan fingerprint density at radius 2 is 1.91 bits per heavy atom. The van der Waals surface area contributed by atoms with Crippen LogP contribution in [0.15, 0.2) is 4.99 Å². The molecule has 2 fully saturated rings. The number of piperazine rings is 1. The van der Waals surface area contributed by atoms with Crippen molar-refractivity contribution >= 4 is 35.8 Å². The first-order valence-electron chi connectivity index (χ1n) is 8.20. The molecule has 1 amide bonds. The molecule has 1 unspecified atom stereocenters. The summed E-state index contributed by atoms with van der Waals surface area (Å²) in [5.41, 5.74) is 0. The maximum absolute atomic E-state index is 12.3. The average Bonchev–Trinajstić information content (AvgIpc) is 3.05.